The fraction of sp³-hybridized carbons (Fsp3) is 0.267. The average molecular weight is 279 g/mol. The molecule has 1 heterocycles. The van der Waals surface area contributed by atoms with Gasteiger partial charge in [0.2, 0.25) is 0 Å². The Bertz CT molecular complexity index is 555. The van der Waals surface area contributed by atoms with Gasteiger partial charge in [-0.05, 0) is 43.2 Å². The normalized spacial score (nSPS) is 12.2. The first-order valence-electron chi connectivity index (χ1n) is 6.24. The van der Waals surface area contributed by atoms with E-state index < -0.39 is 0 Å². The first-order chi connectivity index (χ1) is 9.10. The Kier molecular flexibility index (Phi) is 4.38. The predicted molar refractivity (Wildman–Crippen MR) is 77.0 cm³/mol. The Morgan fingerprint density at radius 3 is 2.68 bits per heavy atom. The van der Waals surface area contributed by atoms with Crippen LogP contribution >= 0.6 is 11.6 Å². The Morgan fingerprint density at radius 1 is 1.32 bits per heavy atom. The number of hydrogen-bond acceptors (Lipinski definition) is 2. The van der Waals surface area contributed by atoms with Crippen LogP contribution in [0.25, 0.3) is 0 Å². The number of aromatic nitrogens is 1. The van der Waals surface area contributed by atoms with E-state index in [2.05, 4.69) is 17.2 Å². The van der Waals surface area contributed by atoms with Gasteiger partial charge in [-0.1, -0.05) is 24.6 Å². The first kappa shape index (κ1) is 13.8. The monoisotopic (exact) mass is 278 g/mol. The van der Waals surface area contributed by atoms with E-state index >= 15 is 0 Å². The van der Waals surface area contributed by atoms with Gasteiger partial charge in [0.1, 0.15) is 5.82 Å². The number of rotatable bonds is 4. The summed E-state index contributed by atoms with van der Waals surface area (Å²) in [5.74, 6) is -0.322. The van der Waals surface area contributed by atoms with Crippen LogP contribution in [-0.4, -0.2) is 4.98 Å². The first-order valence-corrected chi connectivity index (χ1v) is 6.62. The van der Waals surface area contributed by atoms with Gasteiger partial charge in [-0.3, -0.25) is 4.98 Å². The van der Waals surface area contributed by atoms with Crippen LogP contribution in [0.2, 0.25) is 5.02 Å². The summed E-state index contributed by atoms with van der Waals surface area (Å²) in [4.78, 5) is 4.12. The van der Waals surface area contributed by atoms with Crippen LogP contribution < -0.4 is 5.32 Å². The van der Waals surface area contributed by atoms with Crippen molar-refractivity contribution in [3.05, 3.63) is 58.6 Å². The molecule has 0 saturated carbocycles. The Labute approximate surface area is 117 Å². The summed E-state index contributed by atoms with van der Waals surface area (Å²) < 4.78 is 12.9. The van der Waals surface area contributed by atoms with E-state index in [4.69, 9.17) is 11.6 Å². The van der Waals surface area contributed by atoms with Gasteiger partial charge in [0.15, 0.2) is 0 Å². The van der Waals surface area contributed by atoms with E-state index in [0.29, 0.717) is 0 Å². The molecule has 0 amide bonds. The molecule has 0 spiro atoms. The van der Waals surface area contributed by atoms with Crippen molar-refractivity contribution in [2.75, 3.05) is 5.32 Å². The van der Waals surface area contributed by atoms with Gasteiger partial charge in [0.25, 0.3) is 0 Å². The molecule has 1 atom stereocenters. The standard InChI is InChI=1S/C15H16ClFN2/c1-3-14(15-7-5-11(17)9-18-15)19-12-6-4-10(2)13(16)8-12/h4-9,14,19H,3H2,1-2H3. The number of nitrogens with one attached hydrogen (secondary N) is 1. The molecule has 0 bridgehead atoms. The molecule has 1 unspecified atom stereocenters. The number of hydrogen-bond donors (Lipinski definition) is 1. The molecule has 0 fully saturated rings. The van der Waals surface area contributed by atoms with E-state index in [1.54, 1.807) is 6.07 Å². The number of halogens is 2. The summed E-state index contributed by atoms with van der Waals surface area (Å²) in [5, 5.41) is 4.09. The van der Waals surface area contributed by atoms with Crippen LogP contribution in [0.4, 0.5) is 10.1 Å². The lowest BCUT2D eigenvalue weighted by molar-refractivity contribution is 0.614. The summed E-state index contributed by atoms with van der Waals surface area (Å²) in [6.07, 6.45) is 2.09. The second-order valence-electron chi connectivity index (χ2n) is 4.47. The third-order valence-electron chi connectivity index (χ3n) is 3.03. The van der Waals surface area contributed by atoms with Crippen LogP contribution in [0.5, 0.6) is 0 Å². The summed E-state index contributed by atoms with van der Waals surface area (Å²) in [6.45, 7) is 4.02. The van der Waals surface area contributed by atoms with Crippen molar-refractivity contribution < 1.29 is 4.39 Å². The molecule has 2 aromatic rings. The van der Waals surface area contributed by atoms with E-state index in [0.717, 1.165) is 28.4 Å². The third-order valence-corrected chi connectivity index (χ3v) is 3.44. The average Bonchev–Trinajstić information content (AvgIpc) is 2.41. The Hall–Kier alpha value is -1.61. The molecule has 0 aliphatic rings. The highest BCUT2D eigenvalue weighted by molar-refractivity contribution is 6.31. The highest BCUT2D eigenvalue weighted by Crippen LogP contribution is 2.25. The molecular formula is C15H16ClFN2. The van der Waals surface area contributed by atoms with Crippen molar-refractivity contribution in [1.82, 2.24) is 4.98 Å². The maximum absolute atomic E-state index is 12.9. The summed E-state index contributed by atoms with van der Waals surface area (Å²) in [7, 11) is 0. The molecule has 0 aliphatic heterocycles. The van der Waals surface area contributed by atoms with Crippen LogP contribution in [0.3, 0.4) is 0 Å². The number of benzene rings is 1. The van der Waals surface area contributed by atoms with Crippen LogP contribution in [0.15, 0.2) is 36.5 Å². The topological polar surface area (TPSA) is 24.9 Å². The van der Waals surface area contributed by atoms with E-state index in [1.165, 1.54) is 12.3 Å². The zero-order valence-electron chi connectivity index (χ0n) is 11.0. The maximum Gasteiger partial charge on any atom is 0.141 e. The molecule has 1 aromatic carbocycles. The minimum absolute atomic E-state index is 0.0411. The molecule has 0 saturated heterocycles. The molecular weight excluding hydrogens is 263 g/mol. The van der Waals surface area contributed by atoms with Gasteiger partial charge in [0, 0.05) is 10.7 Å². The fourth-order valence-electron chi connectivity index (χ4n) is 1.86. The van der Waals surface area contributed by atoms with E-state index in [9.17, 15) is 4.39 Å². The quantitative estimate of drug-likeness (QED) is 0.873. The van der Waals surface area contributed by atoms with Gasteiger partial charge in [-0.15, -0.1) is 0 Å². The molecule has 19 heavy (non-hydrogen) atoms. The highest BCUT2D eigenvalue weighted by atomic mass is 35.5. The minimum Gasteiger partial charge on any atom is -0.377 e. The van der Waals surface area contributed by atoms with E-state index in [1.807, 2.05) is 25.1 Å². The fourth-order valence-corrected chi connectivity index (χ4v) is 2.04. The van der Waals surface area contributed by atoms with E-state index in [-0.39, 0.29) is 11.9 Å². The van der Waals surface area contributed by atoms with Gasteiger partial charge in [0.05, 0.1) is 17.9 Å². The van der Waals surface area contributed by atoms with Crippen molar-refractivity contribution in [2.45, 2.75) is 26.3 Å². The highest BCUT2D eigenvalue weighted by Gasteiger charge is 2.11. The smallest absolute Gasteiger partial charge is 0.141 e. The number of anilines is 1. The molecule has 2 rings (SSSR count). The van der Waals surface area contributed by atoms with Gasteiger partial charge >= 0.3 is 0 Å². The van der Waals surface area contributed by atoms with Crippen molar-refractivity contribution in [2.24, 2.45) is 0 Å². The molecule has 1 N–H and O–H groups in total. The number of nitrogens with zero attached hydrogens (tertiary/aromatic N) is 1. The molecule has 0 aliphatic carbocycles. The molecule has 4 heteroatoms. The maximum atomic E-state index is 12.9. The third kappa shape index (κ3) is 3.44. The van der Waals surface area contributed by atoms with Gasteiger partial charge < -0.3 is 5.32 Å². The lowest BCUT2D eigenvalue weighted by Crippen LogP contribution is -2.11. The van der Waals surface area contributed by atoms with Gasteiger partial charge in [-0.2, -0.15) is 0 Å². The molecule has 1 aromatic heterocycles. The van der Waals surface area contributed by atoms with Crippen molar-refractivity contribution >= 4 is 17.3 Å². The second kappa shape index (κ2) is 6.02. The Balaban J connectivity index is 2.18. The Morgan fingerprint density at radius 2 is 2.11 bits per heavy atom. The van der Waals surface area contributed by atoms with Crippen LogP contribution in [0, 0.1) is 12.7 Å². The summed E-state index contributed by atoms with van der Waals surface area (Å²) in [6, 6.07) is 9.01. The van der Waals surface area contributed by atoms with Crippen LogP contribution in [0.1, 0.15) is 30.6 Å². The summed E-state index contributed by atoms with van der Waals surface area (Å²) >= 11 is 6.10. The predicted octanol–water partition coefficient (Wildman–Crippen LogP) is 4.75. The molecule has 100 valence electrons. The largest absolute Gasteiger partial charge is 0.377 e. The SMILES string of the molecule is CCC(Nc1ccc(C)c(Cl)c1)c1ccc(F)cn1. The number of pyridine rings is 1. The lowest BCUT2D eigenvalue weighted by atomic mass is 10.1. The van der Waals surface area contributed by atoms with Gasteiger partial charge in [-0.25, -0.2) is 4.39 Å². The second-order valence-corrected chi connectivity index (χ2v) is 4.88. The van der Waals surface area contributed by atoms with Crippen molar-refractivity contribution in [1.29, 1.82) is 0 Å². The zero-order valence-corrected chi connectivity index (χ0v) is 11.7. The lowest BCUT2D eigenvalue weighted by Gasteiger charge is -2.18. The summed E-state index contributed by atoms with van der Waals surface area (Å²) in [5.41, 5.74) is 2.80. The minimum atomic E-state index is -0.322. The van der Waals surface area contributed by atoms with Crippen molar-refractivity contribution in [3.8, 4) is 0 Å². The molecule has 0 radical (unpaired) electrons. The van der Waals surface area contributed by atoms with Crippen LogP contribution in [-0.2, 0) is 0 Å². The molecule has 2 nitrogen and oxygen atoms in total. The zero-order chi connectivity index (χ0) is 13.8. The number of aryl methyl sites for hydroxylation is 1. The van der Waals surface area contributed by atoms with Crippen molar-refractivity contribution in [3.63, 3.8) is 0 Å².